The summed E-state index contributed by atoms with van der Waals surface area (Å²) < 4.78 is 0. The predicted octanol–water partition coefficient (Wildman–Crippen LogP) is 4.92. The highest BCUT2D eigenvalue weighted by molar-refractivity contribution is 6.06. The summed E-state index contributed by atoms with van der Waals surface area (Å²) in [6.45, 7) is 8.25. The average molecular weight is 338 g/mol. The predicted molar refractivity (Wildman–Crippen MR) is 99.4 cm³/mol. The lowest BCUT2D eigenvalue weighted by molar-refractivity contribution is -0.383. The Morgan fingerprint density at radius 3 is 2.40 bits per heavy atom. The Hall–Kier alpha value is -2.69. The number of hydrogen-bond acceptors (Lipinski definition) is 3. The molecule has 0 aromatic heterocycles. The summed E-state index contributed by atoms with van der Waals surface area (Å²) in [4.78, 5) is 23.6. The maximum atomic E-state index is 12.8. The molecule has 1 saturated carbocycles. The Bertz CT molecular complexity index is 895. The van der Waals surface area contributed by atoms with Crippen LogP contribution in [-0.2, 0) is 4.79 Å². The number of hydrogen-bond donors (Lipinski definition) is 1. The second kappa shape index (κ2) is 5.99. The molecule has 0 spiro atoms. The fourth-order valence-corrected chi connectivity index (χ4v) is 3.61. The Balaban J connectivity index is 1.92. The fourth-order valence-electron chi connectivity index (χ4n) is 3.61. The number of nitrogens with one attached hydrogen (secondary N) is 1. The number of carbonyl (C=O) groups excluding carboxylic acids is 1. The molecule has 0 unspecified atom stereocenters. The minimum absolute atomic E-state index is 0.0356. The first-order valence-electron chi connectivity index (χ1n) is 8.35. The zero-order chi connectivity index (χ0) is 18.4. The van der Waals surface area contributed by atoms with Crippen molar-refractivity contribution in [2.45, 2.75) is 27.7 Å². The van der Waals surface area contributed by atoms with Gasteiger partial charge in [-0.15, -0.1) is 0 Å². The van der Waals surface area contributed by atoms with Crippen LogP contribution in [-0.4, -0.2) is 10.8 Å². The van der Waals surface area contributed by atoms with Crippen LogP contribution >= 0.6 is 0 Å². The van der Waals surface area contributed by atoms with Gasteiger partial charge in [0, 0.05) is 17.1 Å². The van der Waals surface area contributed by atoms with Crippen LogP contribution in [0.2, 0.25) is 0 Å². The largest absolute Gasteiger partial charge is 0.325 e. The van der Waals surface area contributed by atoms with Gasteiger partial charge in [0.2, 0.25) is 5.91 Å². The van der Waals surface area contributed by atoms with E-state index in [4.69, 9.17) is 0 Å². The number of benzene rings is 2. The normalized spacial score (nSPS) is 20.8. The van der Waals surface area contributed by atoms with E-state index >= 15 is 0 Å². The van der Waals surface area contributed by atoms with Crippen molar-refractivity contribution in [1.29, 1.82) is 0 Å². The maximum Gasteiger partial charge on any atom is 0.277 e. The van der Waals surface area contributed by atoms with Crippen molar-refractivity contribution >= 4 is 28.1 Å². The van der Waals surface area contributed by atoms with Gasteiger partial charge >= 0.3 is 0 Å². The highest BCUT2D eigenvalue weighted by atomic mass is 16.6. The van der Waals surface area contributed by atoms with Gasteiger partial charge < -0.3 is 5.32 Å². The van der Waals surface area contributed by atoms with Crippen molar-refractivity contribution in [2.24, 2.45) is 17.3 Å². The number of rotatable bonds is 4. The standard InChI is InChI=1S/C20H22N2O3/c1-12(2)11-15-18(20(15,3)4)19(23)21-16-9-10-17(22(24)25)14-8-6-5-7-13(14)16/h5-11,15,18H,1-4H3,(H,21,23)/t15-,18+/m1/s1. The van der Waals surface area contributed by atoms with E-state index in [1.165, 1.54) is 11.6 Å². The third-order valence-corrected chi connectivity index (χ3v) is 5.06. The highest BCUT2D eigenvalue weighted by Gasteiger charge is 2.60. The fraction of sp³-hybridized carbons (Fsp3) is 0.350. The number of carbonyl (C=O) groups is 1. The number of nitro groups is 1. The molecule has 2 aromatic rings. The molecule has 0 aliphatic heterocycles. The van der Waals surface area contributed by atoms with E-state index in [2.05, 4.69) is 25.2 Å². The summed E-state index contributed by atoms with van der Waals surface area (Å²) in [6, 6.07) is 10.1. The van der Waals surface area contributed by atoms with Gasteiger partial charge in [-0.05, 0) is 37.3 Å². The summed E-state index contributed by atoms with van der Waals surface area (Å²) in [5, 5.41) is 15.4. The van der Waals surface area contributed by atoms with E-state index in [9.17, 15) is 14.9 Å². The van der Waals surface area contributed by atoms with Crippen molar-refractivity contribution in [3.8, 4) is 0 Å². The van der Waals surface area contributed by atoms with Crippen LogP contribution in [0.25, 0.3) is 10.8 Å². The Morgan fingerprint density at radius 2 is 1.80 bits per heavy atom. The Morgan fingerprint density at radius 1 is 1.16 bits per heavy atom. The zero-order valence-electron chi connectivity index (χ0n) is 14.9. The van der Waals surface area contributed by atoms with Gasteiger partial charge in [-0.2, -0.15) is 0 Å². The molecule has 0 heterocycles. The molecular weight excluding hydrogens is 316 g/mol. The Kier molecular flexibility index (Phi) is 4.11. The number of non-ortho nitro benzene ring substituents is 1. The quantitative estimate of drug-likeness (QED) is 0.488. The average Bonchev–Trinajstić information content (AvgIpc) is 3.07. The van der Waals surface area contributed by atoms with Crippen LogP contribution in [0.1, 0.15) is 27.7 Å². The summed E-state index contributed by atoms with van der Waals surface area (Å²) in [5.41, 5.74) is 1.79. The van der Waals surface area contributed by atoms with Crippen molar-refractivity contribution in [1.82, 2.24) is 0 Å². The highest BCUT2D eigenvalue weighted by Crippen LogP contribution is 2.59. The summed E-state index contributed by atoms with van der Waals surface area (Å²) in [5.74, 6) is 0.102. The minimum Gasteiger partial charge on any atom is -0.325 e. The van der Waals surface area contributed by atoms with Crippen LogP contribution in [0, 0.1) is 27.4 Å². The van der Waals surface area contributed by atoms with Gasteiger partial charge in [-0.1, -0.05) is 43.7 Å². The lowest BCUT2D eigenvalue weighted by Gasteiger charge is -2.10. The van der Waals surface area contributed by atoms with Gasteiger partial charge in [-0.25, -0.2) is 0 Å². The van der Waals surface area contributed by atoms with Gasteiger partial charge in [0.25, 0.3) is 5.69 Å². The second-order valence-corrected chi connectivity index (χ2v) is 7.49. The van der Waals surface area contributed by atoms with Crippen molar-refractivity contribution in [3.05, 3.63) is 58.2 Å². The summed E-state index contributed by atoms with van der Waals surface area (Å²) in [7, 11) is 0. The lowest BCUT2D eigenvalue weighted by Crippen LogP contribution is -2.17. The van der Waals surface area contributed by atoms with Gasteiger partial charge in [0.05, 0.1) is 16.2 Å². The van der Waals surface area contributed by atoms with Crippen molar-refractivity contribution in [3.63, 3.8) is 0 Å². The molecule has 0 saturated heterocycles. The zero-order valence-corrected chi connectivity index (χ0v) is 14.9. The lowest BCUT2D eigenvalue weighted by atomic mass is 10.1. The molecule has 0 radical (unpaired) electrons. The van der Waals surface area contributed by atoms with Crippen LogP contribution < -0.4 is 5.32 Å². The minimum atomic E-state index is -0.400. The molecule has 0 bridgehead atoms. The molecule has 1 amide bonds. The van der Waals surface area contributed by atoms with E-state index in [0.29, 0.717) is 16.5 Å². The van der Waals surface area contributed by atoms with Crippen molar-refractivity contribution < 1.29 is 9.72 Å². The molecule has 2 atom stereocenters. The third kappa shape index (κ3) is 3.02. The van der Waals surface area contributed by atoms with Gasteiger partial charge in [0.1, 0.15) is 0 Å². The van der Waals surface area contributed by atoms with E-state index < -0.39 is 4.92 Å². The smallest absolute Gasteiger partial charge is 0.277 e. The van der Waals surface area contributed by atoms with Crippen LogP contribution in [0.4, 0.5) is 11.4 Å². The molecule has 5 heteroatoms. The maximum absolute atomic E-state index is 12.8. The molecular formula is C20H22N2O3. The monoisotopic (exact) mass is 338 g/mol. The number of nitro benzene ring substituents is 1. The molecule has 1 fully saturated rings. The van der Waals surface area contributed by atoms with E-state index in [1.807, 2.05) is 19.9 Å². The number of amides is 1. The molecule has 2 aromatic carbocycles. The molecule has 130 valence electrons. The number of nitrogens with zero attached hydrogens (tertiary/aromatic N) is 1. The topological polar surface area (TPSA) is 72.2 Å². The second-order valence-electron chi connectivity index (χ2n) is 7.49. The first kappa shape index (κ1) is 17.1. The number of fused-ring (bicyclic) bond motifs is 1. The summed E-state index contributed by atoms with van der Waals surface area (Å²) in [6.07, 6.45) is 2.15. The van der Waals surface area contributed by atoms with E-state index in [1.54, 1.807) is 24.3 Å². The molecule has 25 heavy (non-hydrogen) atoms. The molecule has 1 aliphatic carbocycles. The number of anilines is 1. The summed E-state index contributed by atoms with van der Waals surface area (Å²) >= 11 is 0. The van der Waals surface area contributed by atoms with Crippen LogP contribution in [0.3, 0.4) is 0 Å². The molecule has 1 N–H and O–H groups in total. The van der Waals surface area contributed by atoms with Gasteiger partial charge in [0.15, 0.2) is 0 Å². The third-order valence-electron chi connectivity index (χ3n) is 5.06. The van der Waals surface area contributed by atoms with E-state index in [0.717, 1.165) is 0 Å². The first-order chi connectivity index (χ1) is 11.7. The van der Waals surface area contributed by atoms with E-state index in [-0.39, 0.29) is 28.8 Å². The molecule has 3 rings (SSSR count). The molecule has 1 aliphatic rings. The SMILES string of the molecule is CC(C)=C[C@@H]1[C@@H](C(=O)Nc2ccc([N+](=O)[O-])c3ccccc23)C1(C)C. The molecule has 5 nitrogen and oxygen atoms in total. The van der Waals surface area contributed by atoms with Crippen LogP contribution in [0.15, 0.2) is 48.0 Å². The van der Waals surface area contributed by atoms with Gasteiger partial charge in [-0.3, -0.25) is 14.9 Å². The first-order valence-corrected chi connectivity index (χ1v) is 8.35. The van der Waals surface area contributed by atoms with Crippen molar-refractivity contribution in [2.75, 3.05) is 5.32 Å². The Labute approximate surface area is 146 Å². The van der Waals surface area contributed by atoms with Crippen LogP contribution in [0.5, 0.6) is 0 Å². The number of allylic oxidation sites excluding steroid dienone is 2.